The number of nitrogens with zero attached hydrogens (tertiary/aromatic N) is 2. The van der Waals surface area contributed by atoms with Crippen molar-refractivity contribution in [2.24, 2.45) is 0 Å². The minimum Gasteiger partial charge on any atom is -0.462 e. The number of imide groups is 1. The number of aromatic amines is 1. The van der Waals surface area contributed by atoms with Crippen LogP contribution in [-0.4, -0.2) is 52.8 Å². The molecule has 1 unspecified atom stereocenters. The number of esters is 1. The molecule has 33 heavy (non-hydrogen) atoms. The SMILES string of the molecule is CCOC(=O)c1ccc(N2C(=O)CC(N(CCc3c[nH]c4ccccc34)C(C)=O)C2=O)cc1. The first-order valence-electron chi connectivity index (χ1n) is 10.9. The number of anilines is 1. The fourth-order valence-corrected chi connectivity index (χ4v) is 4.20. The number of hydrogen-bond acceptors (Lipinski definition) is 5. The highest BCUT2D eigenvalue weighted by molar-refractivity contribution is 6.23. The van der Waals surface area contributed by atoms with Crippen molar-refractivity contribution in [1.29, 1.82) is 0 Å². The number of carbonyl (C=O) groups excluding carboxylic acids is 4. The molecule has 3 amide bonds. The number of aromatic nitrogens is 1. The third kappa shape index (κ3) is 4.37. The van der Waals surface area contributed by atoms with Crippen molar-refractivity contribution in [2.45, 2.75) is 32.7 Å². The summed E-state index contributed by atoms with van der Waals surface area (Å²) in [5.74, 6) is -1.56. The summed E-state index contributed by atoms with van der Waals surface area (Å²) in [5.41, 5.74) is 2.74. The third-order valence-corrected chi connectivity index (χ3v) is 5.84. The van der Waals surface area contributed by atoms with E-state index in [9.17, 15) is 19.2 Å². The van der Waals surface area contributed by atoms with Crippen LogP contribution < -0.4 is 4.90 Å². The number of carbonyl (C=O) groups is 4. The molecule has 3 aromatic rings. The van der Waals surface area contributed by atoms with Gasteiger partial charge in [0.05, 0.1) is 24.3 Å². The topological polar surface area (TPSA) is 99.8 Å². The number of fused-ring (bicyclic) bond motifs is 1. The van der Waals surface area contributed by atoms with E-state index in [4.69, 9.17) is 4.74 Å². The molecule has 0 aliphatic carbocycles. The molecule has 1 atom stereocenters. The molecular weight excluding hydrogens is 422 g/mol. The number of rotatable bonds is 7. The van der Waals surface area contributed by atoms with E-state index in [-0.39, 0.29) is 24.8 Å². The molecular formula is C25H25N3O5. The summed E-state index contributed by atoms with van der Waals surface area (Å²) in [7, 11) is 0. The second-order valence-electron chi connectivity index (χ2n) is 7.88. The molecule has 1 saturated heterocycles. The van der Waals surface area contributed by atoms with Gasteiger partial charge in [-0.25, -0.2) is 9.69 Å². The van der Waals surface area contributed by atoms with Gasteiger partial charge in [0.25, 0.3) is 5.91 Å². The first kappa shape index (κ1) is 22.3. The van der Waals surface area contributed by atoms with Crippen LogP contribution in [0.5, 0.6) is 0 Å². The first-order valence-corrected chi connectivity index (χ1v) is 10.9. The van der Waals surface area contributed by atoms with Crippen molar-refractivity contribution in [3.05, 3.63) is 65.9 Å². The summed E-state index contributed by atoms with van der Waals surface area (Å²) < 4.78 is 4.96. The molecule has 1 N–H and O–H groups in total. The van der Waals surface area contributed by atoms with Crippen molar-refractivity contribution in [1.82, 2.24) is 9.88 Å². The van der Waals surface area contributed by atoms with Crippen LogP contribution in [0.1, 0.15) is 36.2 Å². The molecule has 0 spiro atoms. The van der Waals surface area contributed by atoms with E-state index in [1.165, 1.54) is 36.1 Å². The van der Waals surface area contributed by atoms with E-state index in [0.29, 0.717) is 24.2 Å². The lowest BCUT2D eigenvalue weighted by atomic mass is 10.1. The lowest BCUT2D eigenvalue weighted by Crippen LogP contribution is -2.45. The Kier molecular flexibility index (Phi) is 6.26. The van der Waals surface area contributed by atoms with Gasteiger partial charge in [0, 0.05) is 30.6 Å². The van der Waals surface area contributed by atoms with Crippen molar-refractivity contribution >= 4 is 40.3 Å². The monoisotopic (exact) mass is 447 g/mol. The Morgan fingerprint density at radius 3 is 2.55 bits per heavy atom. The lowest BCUT2D eigenvalue weighted by molar-refractivity contribution is -0.136. The van der Waals surface area contributed by atoms with E-state index >= 15 is 0 Å². The molecule has 170 valence electrons. The summed E-state index contributed by atoms with van der Waals surface area (Å²) in [5, 5.41) is 1.07. The maximum atomic E-state index is 13.2. The fraction of sp³-hybridized carbons (Fsp3) is 0.280. The van der Waals surface area contributed by atoms with Gasteiger partial charge in [-0.3, -0.25) is 14.4 Å². The van der Waals surface area contributed by atoms with Crippen LogP contribution in [0.4, 0.5) is 5.69 Å². The van der Waals surface area contributed by atoms with Crippen LogP contribution in [0.25, 0.3) is 10.9 Å². The molecule has 1 fully saturated rings. The van der Waals surface area contributed by atoms with Gasteiger partial charge in [0.1, 0.15) is 6.04 Å². The Morgan fingerprint density at radius 2 is 1.85 bits per heavy atom. The second kappa shape index (κ2) is 9.28. The zero-order chi connectivity index (χ0) is 23.5. The fourth-order valence-electron chi connectivity index (χ4n) is 4.20. The second-order valence-corrected chi connectivity index (χ2v) is 7.88. The van der Waals surface area contributed by atoms with Gasteiger partial charge in [0.15, 0.2) is 0 Å². The normalized spacial score (nSPS) is 15.8. The standard InChI is InChI=1S/C25H25N3O5/c1-3-33-25(32)17-8-10-19(11-9-17)28-23(30)14-22(24(28)31)27(16(2)29)13-12-18-15-26-21-7-5-4-6-20(18)21/h4-11,15,22,26H,3,12-14H2,1-2H3. The summed E-state index contributed by atoms with van der Waals surface area (Å²) >= 11 is 0. The smallest absolute Gasteiger partial charge is 0.338 e. The molecule has 0 radical (unpaired) electrons. The number of amides is 3. The van der Waals surface area contributed by atoms with Crippen molar-refractivity contribution in [3.63, 3.8) is 0 Å². The number of nitrogens with one attached hydrogen (secondary N) is 1. The van der Waals surface area contributed by atoms with Crippen molar-refractivity contribution < 1.29 is 23.9 Å². The Balaban J connectivity index is 1.50. The Hall–Kier alpha value is -3.94. The molecule has 0 bridgehead atoms. The Bertz CT molecular complexity index is 1210. The van der Waals surface area contributed by atoms with Gasteiger partial charge in [-0.05, 0) is 49.2 Å². The van der Waals surface area contributed by atoms with Crippen LogP contribution in [0, 0.1) is 0 Å². The molecule has 4 rings (SSSR count). The summed E-state index contributed by atoms with van der Waals surface area (Å²) in [4.78, 5) is 55.9. The minimum absolute atomic E-state index is 0.0775. The number of benzene rings is 2. The van der Waals surface area contributed by atoms with Crippen molar-refractivity contribution in [3.8, 4) is 0 Å². The number of para-hydroxylation sites is 1. The van der Waals surface area contributed by atoms with Crippen LogP contribution >= 0.6 is 0 Å². The van der Waals surface area contributed by atoms with Gasteiger partial charge in [0.2, 0.25) is 11.8 Å². The average molecular weight is 447 g/mol. The number of ether oxygens (including phenoxy) is 1. The van der Waals surface area contributed by atoms with Gasteiger partial charge >= 0.3 is 5.97 Å². The quantitative estimate of drug-likeness (QED) is 0.443. The predicted molar refractivity (Wildman–Crippen MR) is 123 cm³/mol. The van der Waals surface area contributed by atoms with Gasteiger partial charge in [-0.1, -0.05) is 18.2 Å². The summed E-state index contributed by atoms with van der Waals surface area (Å²) in [6.45, 7) is 3.69. The first-order chi connectivity index (χ1) is 15.9. The van der Waals surface area contributed by atoms with E-state index in [2.05, 4.69) is 4.98 Å². The highest BCUT2D eigenvalue weighted by Crippen LogP contribution is 2.27. The number of H-pyrrole nitrogens is 1. The summed E-state index contributed by atoms with van der Waals surface area (Å²) in [6, 6.07) is 13.1. The van der Waals surface area contributed by atoms with Crippen LogP contribution in [0.3, 0.4) is 0 Å². The summed E-state index contributed by atoms with van der Waals surface area (Å²) in [6.07, 6.45) is 2.38. The van der Waals surface area contributed by atoms with Crippen molar-refractivity contribution in [2.75, 3.05) is 18.1 Å². The van der Waals surface area contributed by atoms with Gasteiger partial charge in [-0.2, -0.15) is 0 Å². The van der Waals surface area contributed by atoms with E-state index in [0.717, 1.165) is 21.4 Å². The lowest BCUT2D eigenvalue weighted by Gasteiger charge is -2.26. The van der Waals surface area contributed by atoms with Crippen LogP contribution in [0.2, 0.25) is 0 Å². The maximum absolute atomic E-state index is 13.2. The maximum Gasteiger partial charge on any atom is 0.338 e. The zero-order valence-electron chi connectivity index (χ0n) is 18.5. The van der Waals surface area contributed by atoms with E-state index in [1.807, 2.05) is 30.5 Å². The largest absolute Gasteiger partial charge is 0.462 e. The van der Waals surface area contributed by atoms with Crippen LogP contribution in [-0.2, 0) is 25.5 Å². The number of hydrogen-bond donors (Lipinski definition) is 1. The molecule has 0 saturated carbocycles. The predicted octanol–water partition coefficient (Wildman–Crippen LogP) is 3.07. The molecule has 2 heterocycles. The minimum atomic E-state index is -0.857. The average Bonchev–Trinajstić information content (AvgIpc) is 3.34. The van der Waals surface area contributed by atoms with Crippen LogP contribution in [0.15, 0.2) is 54.7 Å². The van der Waals surface area contributed by atoms with Gasteiger partial charge in [-0.15, -0.1) is 0 Å². The molecule has 1 aliphatic rings. The molecule has 1 aliphatic heterocycles. The Labute approximate surface area is 191 Å². The molecule has 1 aromatic heterocycles. The highest BCUT2D eigenvalue weighted by Gasteiger charge is 2.43. The van der Waals surface area contributed by atoms with E-state index in [1.54, 1.807) is 6.92 Å². The molecule has 8 nitrogen and oxygen atoms in total. The van der Waals surface area contributed by atoms with E-state index < -0.39 is 17.9 Å². The third-order valence-electron chi connectivity index (χ3n) is 5.84. The Morgan fingerprint density at radius 1 is 1.12 bits per heavy atom. The van der Waals surface area contributed by atoms with Gasteiger partial charge < -0.3 is 14.6 Å². The zero-order valence-corrected chi connectivity index (χ0v) is 18.5. The molecule has 8 heteroatoms. The molecule has 2 aromatic carbocycles. The highest BCUT2D eigenvalue weighted by atomic mass is 16.5.